The van der Waals surface area contributed by atoms with Crippen molar-refractivity contribution < 1.29 is 14.7 Å². The van der Waals surface area contributed by atoms with Crippen molar-refractivity contribution in [2.45, 2.75) is 52.4 Å². The molecule has 0 spiro atoms. The Labute approximate surface area is 160 Å². The standard InChI is InChI=1S/C21H27N3O3/c1-20(2,3)14-11-13(12-15(17(14)25)21(4,5)6)18(26)23-24-19(27)16-9-7-8-10-22-16/h7-12,25H,1-6H3,(H,23,26)(H,24,27). The monoisotopic (exact) mass is 369 g/mol. The number of carbonyl (C=O) groups excluding carboxylic acids is 2. The summed E-state index contributed by atoms with van der Waals surface area (Å²) < 4.78 is 0. The summed E-state index contributed by atoms with van der Waals surface area (Å²) in [6, 6.07) is 8.26. The molecule has 0 bridgehead atoms. The average Bonchev–Trinajstić information content (AvgIpc) is 2.58. The lowest BCUT2D eigenvalue weighted by molar-refractivity contribution is 0.0843. The van der Waals surface area contributed by atoms with Gasteiger partial charge in [-0.3, -0.25) is 25.4 Å². The molecule has 2 aromatic rings. The van der Waals surface area contributed by atoms with Crippen molar-refractivity contribution in [3.63, 3.8) is 0 Å². The third-order valence-corrected chi connectivity index (χ3v) is 4.18. The Bertz CT molecular complexity index is 812. The minimum absolute atomic E-state index is 0.198. The number of phenolic OH excluding ortho intramolecular Hbond substituents is 1. The van der Waals surface area contributed by atoms with Gasteiger partial charge in [0.05, 0.1) is 0 Å². The Hall–Kier alpha value is -2.89. The Morgan fingerprint density at radius 1 is 0.889 bits per heavy atom. The van der Waals surface area contributed by atoms with E-state index in [0.29, 0.717) is 16.7 Å². The molecule has 27 heavy (non-hydrogen) atoms. The van der Waals surface area contributed by atoms with Crippen LogP contribution in [-0.4, -0.2) is 21.9 Å². The third-order valence-electron chi connectivity index (χ3n) is 4.18. The number of carbonyl (C=O) groups is 2. The van der Waals surface area contributed by atoms with E-state index in [1.54, 1.807) is 30.3 Å². The van der Waals surface area contributed by atoms with Crippen LogP contribution in [-0.2, 0) is 10.8 Å². The highest BCUT2D eigenvalue weighted by molar-refractivity contribution is 5.98. The van der Waals surface area contributed by atoms with Gasteiger partial charge in [0.15, 0.2) is 0 Å². The first-order valence-corrected chi connectivity index (χ1v) is 8.81. The fraction of sp³-hybridized carbons (Fsp3) is 0.381. The number of hydrazine groups is 1. The van der Waals surface area contributed by atoms with Crippen LogP contribution in [0.1, 0.15) is 73.5 Å². The van der Waals surface area contributed by atoms with E-state index in [0.717, 1.165) is 0 Å². The lowest BCUT2D eigenvalue weighted by Gasteiger charge is -2.28. The molecule has 0 radical (unpaired) electrons. The minimum atomic E-state index is -0.505. The van der Waals surface area contributed by atoms with Gasteiger partial charge in [0.2, 0.25) is 0 Å². The van der Waals surface area contributed by atoms with E-state index >= 15 is 0 Å². The van der Waals surface area contributed by atoms with E-state index in [1.807, 2.05) is 41.5 Å². The van der Waals surface area contributed by atoms with Crippen molar-refractivity contribution in [2.75, 3.05) is 0 Å². The van der Waals surface area contributed by atoms with Crippen LogP contribution in [0, 0.1) is 0 Å². The van der Waals surface area contributed by atoms with Gasteiger partial charge in [-0.15, -0.1) is 0 Å². The zero-order valence-corrected chi connectivity index (χ0v) is 16.7. The van der Waals surface area contributed by atoms with Crippen LogP contribution in [0.2, 0.25) is 0 Å². The van der Waals surface area contributed by atoms with E-state index in [1.165, 1.54) is 6.20 Å². The highest BCUT2D eigenvalue weighted by atomic mass is 16.3. The molecule has 2 rings (SSSR count). The number of hydrogen-bond acceptors (Lipinski definition) is 4. The summed E-state index contributed by atoms with van der Waals surface area (Å²) in [7, 11) is 0. The fourth-order valence-electron chi connectivity index (χ4n) is 2.66. The van der Waals surface area contributed by atoms with Crippen molar-refractivity contribution in [1.29, 1.82) is 0 Å². The molecule has 0 saturated carbocycles. The van der Waals surface area contributed by atoms with Gasteiger partial charge in [-0.25, -0.2) is 0 Å². The number of nitrogens with zero attached hydrogens (tertiary/aromatic N) is 1. The van der Waals surface area contributed by atoms with E-state index in [4.69, 9.17) is 0 Å². The number of nitrogens with one attached hydrogen (secondary N) is 2. The summed E-state index contributed by atoms with van der Waals surface area (Å²) in [4.78, 5) is 28.6. The molecule has 2 amide bonds. The first-order chi connectivity index (χ1) is 12.4. The largest absolute Gasteiger partial charge is 0.507 e. The predicted octanol–water partition coefficient (Wildman–Crippen LogP) is 3.46. The van der Waals surface area contributed by atoms with Crippen LogP contribution >= 0.6 is 0 Å². The van der Waals surface area contributed by atoms with Crippen molar-refractivity contribution in [3.8, 4) is 5.75 Å². The van der Waals surface area contributed by atoms with Crippen LogP contribution in [0.4, 0.5) is 0 Å². The molecule has 1 heterocycles. The van der Waals surface area contributed by atoms with Crippen LogP contribution in [0.5, 0.6) is 5.75 Å². The molecule has 1 aromatic heterocycles. The van der Waals surface area contributed by atoms with Gasteiger partial charge in [-0.05, 0) is 35.1 Å². The zero-order chi connectivity index (χ0) is 20.4. The Morgan fingerprint density at radius 3 is 1.85 bits per heavy atom. The van der Waals surface area contributed by atoms with E-state index in [-0.39, 0.29) is 22.3 Å². The number of aromatic hydroxyl groups is 1. The van der Waals surface area contributed by atoms with Crippen molar-refractivity contribution in [3.05, 3.63) is 58.9 Å². The lowest BCUT2D eigenvalue weighted by Crippen LogP contribution is -2.42. The van der Waals surface area contributed by atoms with E-state index < -0.39 is 11.8 Å². The van der Waals surface area contributed by atoms with Gasteiger partial charge in [0, 0.05) is 22.9 Å². The second-order valence-corrected chi connectivity index (χ2v) is 8.54. The van der Waals surface area contributed by atoms with Gasteiger partial charge in [-0.2, -0.15) is 0 Å². The molecule has 6 heteroatoms. The number of rotatable bonds is 2. The summed E-state index contributed by atoms with van der Waals surface area (Å²) in [6.07, 6.45) is 1.50. The van der Waals surface area contributed by atoms with E-state index in [9.17, 15) is 14.7 Å². The number of hydrogen-bond donors (Lipinski definition) is 3. The molecule has 0 saturated heterocycles. The number of aromatic nitrogens is 1. The van der Waals surface area contributed by atoms with Gasteiger partial charge < -0.3 is 5.11 Å². The number of phenols is 1. The molecule has 6 nitrogen and oxygen atoms in total. The molecule has 3 N–H and O–H groups in total. The first-order valence-electron chi connectivity index (χ1n) is 8.81. The molecule has 0 unspecified atom stereocenters. The average molecular weight is 369 g/mol. The molecule has 0 atom stereocenters. The third kappa shape index (κ3) is 4.84. The molecular formula is C21H27N3O3. The molecule has 0 aliphatic carbocycles. The van der Waals surface area contributed by atoms with Crippen molar-refractivity contribution >= 4 is 11.8 Å². The Balaban J connectivity index is 2.31. The SMILES string of the molecule is CC(C)(C)c1cc(C(=O)NNC(=O)c2ccccn2)cc(C(C)(C)C)c1O. The predicted molar refractivity (Wildman–Crippen MR) is 105 cm³/mol. The highest BCUT2D eigenvalue weighted by Gasteiger charge is 2.27. The Kier molecular flexibility index (Phi) is 5.59. The maximum atomic E-state index is 12.6. The minimum Gasteiger partial charge on any atom is -0.507 e. The summed E-state index contributed by atoms with van der Waals surface area (Å²) in [6.45, 7) is 11.8. The number of amides is 2. The quantitative estimate of drug-likeness (QED) is 0.707. The van der Waals surface area contributed by atoms with Crippen LogP contribution in [0.15, 0.2) is 36.5 Å². The molecule has 144 valence electrons. The Morgan fingerprint density at radius 2 is 1.41 bits per heavy atom. The van der Waals surface area contributed by atoms with Crippen LogP contribution < -0.4 is 10.9 Å². The summed E-state index contributed by atoms with van der Waals surface area (Å²) in [5.74, 6) is -0.769. The molecular weight excluding hydrogens is 342 g/mol. The van der Waals surface area contributed by atoms with Crippen molar-refractivity contribution in [1.82, 2.24) is 15.8 Å². The summed E-state index contributed by atoms with van der Waals surface area (Å²) in [5, 5.41) is 10.7. The fourth-order valence-corrected chi connectivity index (χ4v) is 2.66. The maximum absolute atomic E-state index is 12.6. The zero-order valence-electron chi connectivity index (χ0n) is 16.7. The van der Waals surface area contributed by atoms with Gasteiger partial charge in [-0.1, -0.05) is 47.6 Å². The van der Waals surface area contributed by atoms with Gasteiger partial charge in [0.1, 0.15) is 11.4 Å². The normalized spacial score (nSPS) is 11.8. The topological polar surface area (TPSA) is 91.3 Å². The highest BCUT2D eigenvalue weighted by Crippen LogP contribution is 2.39. The molecule has 0 aliphatic rings. The maximum Gasteiger partial charge on any atom is 0.288 e. The molecule has 1 aromatic carbocycles. The van der Waals surface area contributed by atoms with Crippen molar-refractivity contribution in [2.24, 2.45) is 0 Å². The lowest BCUT2D eigenvalue weighted by atomic mass is 9.78. The molecule has 0 aliphatic heterocycles. The summed E-state index contributed by atoms with van der Waals surface area (Å²) >= 11 is 0. The first kappa shape index (κ1) is 20.4. The number of pyridine rings is 1. The van der Waals surface area contributed by atoms with Gasteiger partial charge >= 0.3 is 0 Å². The van der Waals surface area contributed by atoms with Crippen LogP contribution in [0.3, 0.4) is 0 Å². The second-order valence-electron chi connectivity index (χ2n) is 8.54. The molecule has 0 fully saturated rings. The number of benzene rings is 1. The summed E-state index contributed by atoms with van der Waals surface area (Å²) in [5.41, 5.74) is 6.00. The smallest absolute Gasteiger partial charge is 0.288 e. The van der Waals surface area contributed by atoms with Gasteiger partial charge in [0.25, 0.3) is 11.8 Å². The van der Waals surface area contributed by atoms with Crippen LogP contribution in [0.25, 0.3) is 0 Å². The second kappa shape index (κ2) is 7.39. The van der Waals surface area contributed by atoms with E-state index in [2.05, 4.69) is 15.8 Å².